The van der Waals surface area contributed by atoms with Gasteiger partial charge in [0, 0.05) is 31.7 Å². The van der Waals surface area contributed by atoms with Crippen molar-refractivity contribution in [1.29, 1.82) is 0 Å². The smallest absolute Gasteiger partial charge is 0.508 e. The molecule has 33 heavy (non-hydrogen) atoms. The van der Waals surface area contributed by atoms with E-state index in [2.05, 4.69) is 10.1 Å². The number of benzene rings is 2. The van der Waals surface area contributed by atoms with Crippen LogP contribution in [0.1, 0.15) is 30.5 Å². The average Bonchev–Trinajstić information content (AvgIpc) is 3.63. The van der Waals surface area contributed by atoms with Gasteiger partial charge in [0.1, 0.15) is 5.75 Å². The number of aromatic hydroxyl groups is 1. The maximum Gasteiger partial charge on any atom is 0.511 e. The fraction of sp³-hybridized carbons (Fsp3) is 0.304. The molecular formula is C23H21ClFN3O5. The summed E-state index contributed by atoms with van der Waals surface area (Å²) in [7, 11) is 0. The minimum atomic E-state index is -1.62. The van der Waals surface area contributed by atoms with Crippen molar-refractivity contribution in [2.45, 2.75) is 24.9 Å². The predicted octanol–water partition coefficient (Wildman–Crippen LogP) is 4.04. The molecule has 1 saturated heterocycles. The number of anilines is 1. The number of rotatable bonds is 4. The van der Waals surface area contributed by atoms with Crippen LogP contribution < -0.4 is 20.4 Å². The summed E-state index contributed by atoms with van der Waals surface area (Å²) < 4.78 is 22.2. The fourth-order valence-corrected chi connectivity index (χ4v) is 4.65. The Balaban J connectivity index is 1.60. The van der Waals surface area contributed by atoms with Gasteiger partial charge in [0.05, 0.1) is 27.8 Å². The largest absolute Gasteiger partial charge is 0.511 e. The number of hydrogen-bond donors (Lipinski definition) is 3. The molecule has 3 N–H and O–H groups in total. The number of nitrogens with one attached hydrogen (secondary N) is 1. The SMILES string of the molecule is O=C(O)Oc1cn(C2CC2)c2c(F)c(N3CCNC(c4ccc(O)cc4)C3)cc(Cl)c2c1=O. The first-order valence-electron chi connectivity index (χ1n) is 10.6. The minimum Gasteiger partial charge on any atom is -0.508 e. The van der Waals surface area contributed by atoms with Crippen LogP contribution in [0.5, 0.6) is 11.5 Å². The number of aromatic nitrogens is 1. The molecule has 172 valence electrons. The monoisotopic (exact) mass is 473 g/mol. The van der Waals surface area contributed by atoms with E-state index in [4.69, 9.17) is 16.7 Å². The van der Waals surface area contributed by atoms with Crippen molar-refractivity contribution in [3.8, 4) is 11.5 Å². The Labute approximate surface area is 192 Å². The van der Waals surface area contributed by atoms with Gasteiger partial charge in [-0.3, -0.25) is 4.79 Å². The molecule has 10 heteroatoms. The number of nitrogens with zero attached hydrogens (tertiary/aromatic N) is 2. The van der Waals surface area contributed by atoms with E-state index in [1.165, 1.54) is 12.3 Å². The van der Waals surface area contributed by atoms with Gasteiger partial charge in [-0.15, -0.1) is 0 Å². The van der Waals surface area contributed by atoms with E-state index in [9.17, 15) is 14.7 Å². The summed E-state index contributed by atoms with van der Waals surface area (Å²) in [6.45, 7) is 1.58. The Morgan fingerprint density at radius 1 is 1.24 bits per heavy atom. The first-order chi connectivity index (χ1) is 15.8. The van der Waals surface area contributed by atoms with Crippen LogP contribution in [0.2, 0.25) is 5.02 Å². The van der Waals surface area contributed by atoms with E-state index in [-0.39, 0.29) is 39.4 Å². The normalized spacial score (nSPS) is 18.5. The molecule has 0 amide bonds. The maximum absolute atomic E-state index is 16.0. The summed E-state index contributed by atoms with van der Waals surface area (Å²) in [5.41, 5.74) is 0.526. The number of ether oxygens (including phenoxy) is 1. The number of carbonyl (C=O) groups is 1. The number of fused-ring (bicyclic) bond motifs is 1. The van der Waals surface area contributed by atoms with E-state index >= 15 is 4.39 Å². The number of piperazine rings is 1. The molecule has 1 aliphatic heterocycles. The topological polar surface area (TPSA) is 104 Å². The zero-order valence-electron chi connectivity index (χ0n) is 17.4. The summed E-state index contributed by atoms with van der Waals surface area (Å²) in [6.07, 6.45) is 1.20. The van der Waals surface area contributed by atoms with Crippen LogP contribution in [0, 0.1) is 5.82 Å². The third kappa shape index (κ3) is 3.98. The highest BCUT2D eigenvalue weighted by molar-refractivity contribution is 6.35. The summed E-state index contributed by atoms with van der Waals surface area (Å²) in [6, 6.07) is 8.11. The van der Waals surface area contributed by atoms with Gasteiger partial charge >= 0.3 is 6.16 Å². The van der Waals surface area contributed by atoms with Crippen LogP contribution in [-0.4, -0.2) is 40.6 Å². The zero-order valence-corrected chi connectivity index (χ0v) is 18.2. The highest BCUT2D eigenvalue weighted by Crippen LogP contribution is 2.41. The van der Waals surface area contributed by atoms with Crippen LogP contribution >= 0.6 is 11.6 Å². The highest BCUT2D eigenvalue weighted by atomic mass is 35.5. The second kappa shape index (κ2) is 8.24. The molecule has 2 fully saturated rings. The molecule has 2 heterocycles. The predicted molar refractivity (Wildman–Crippen MR) is 121 cm³/mol. The van der Waals surface area contributed by atoms with Crippen molar-refractivity contribution in [1.82, 2.24) is 9.88 Å². The molecule has 1 aliphatic carbocycles. The second-order valence-corrected chi connectivity index (χ2v) is 8.70. The molecule has 1 atom stereocenters. The molecule has 8 nitrogen and oxygen atoms in total. The molecule has 0 radical (unpaired) electrons. The van der Waals surface area contributed by atoms with Gasteiger partial charge in [-0.2, -0.15) is 0 Å². The van der Waals surface area contributed by atoms with Crippen molar-refractivity contribution in [3.05, 3.63) is 63.2 Å². The number of phenols is 1. The van der Waals surface area contributed by atoms with Crippen molar-refractivity contribution >= 4 is 34.3 Å². The maximum atomic E-state index is 16.0. The van der Waals surface area contributed by atoms with Gasteiger partial charge in [-0.05, 0) is 36.6 Å². The van der Waals surface area contributed by atoms with E-state index in [0.717, 1.165) is 18.4 Å². The molecule has 1 aromatic heterocycles. The van der Waals surface area contributed by atoms with Crippen molar-refractivity contribution < 1.29 is 24.1 Å². The van der Waals surface area contributed by atoms with Gasteiger partial charge in [-0.1, -0.05) is 23.7 Å². The van der Waals surface area contributed by atoms with Crippen LogP contribution in [0.4, 0.5) is 14.9 Å². The molecule has 3 aromatic rings. The van der Waals surface area contributed by atoms with Crippen molar-refractivity contribution in [3.63, 3.8) is 0 Å². The van der Waals surface area contributed by atoms with Crippen LogP contribution in [-0.2, 0) is 0 Å². The Hall–Kier alpha value is -3.30. The molecule has 5 rings (SSSR count). The van der Waals surface area contributed by atoms with E-state index in [1.54, 1.807) is 16.7 Å². The van der Waals surface area contributed by atoms with Gasteiger partial charge in [0.15, 0.2) is 11.6 Å². The minimum absolute atomic E-state index is 0.0383. The average molecular weight is 474 g/mol. The van der Waals surface area contributed by atoms with E-state index in [1.807, 2.05) is 17.0 Å². The van der Waals surface area contributed by atoms with E-state index < -0.39 is 23.2 Å². The first kappa shape index (κ1) is 21.5. The number of hydrogen-bond acceptors (Lipinski definition) is 6. The molecule has 2 aromatic carbocycles. The summed E-state index contributed by atoms with van der Waals surface area (Å²) in [5.74, 6) is -0.805. The van der Waals surface area contributed by atoms with E-state index in [0.29, 0.717) is 19.6 Å². The number of pyridine rings is 1. The quantitative estimate of drug-likeness (QED) is 0.491. The van der Waals surface area contributed by atoms with Crippen LogP contribution in [0.15, 0.2) is 41.3 Å². The number of carboxylic acid groups (broad SMARTS) is 1. The van der Waals surface area contributed by atoms with Crippen LogP contribution in [0.25, 0.3) is 10.9 Å². The molecule has 0 spiro atoms. The van der Waals surface area contributed by atoms with Gasteiger partial charge in [0.2, 0.25) is 5.43 Å². The summed E-state index contributed by atoms with van der Waals surface area (Å²) in [4.78, 5) is 25.8. The Bertz CT molecular complexity index is 1310. The highest BCUT2D eigenvalue weighted by Gasteiger charge is 2.31. The lowest BCUT2D eigenvalue weighted by Gasteiger charge is -2.36. The van der Waals surface area contributed by atoms with Gasteiger partial charge in [-0.25, -0.2) is 9.18 Å². The second-order valence-electron chi connectivity index (χ2n) is 8.29. The molecule has 2 aliphatic rings. The van der Waals surface area contributed by atoms with Gasteiger partial charge < -0.3 is 29.7 Å². The van der Waals surface area contributed by atoms with Crippen molar-refractivity contribution in [2.75, 3.05) is 24.5 Å². The zero-order chi connectivity index (χ0) is 23.3. The Kier molecular flexibility index (Phi) is 5.38. The lowest BCUT2D eigenvalue weighted by atomic mass is 10.0. The third-order valence-electron chi connectivity index (χ3n) is 6.09. The standard InChI is InChI=1S/C23H21ClFN3O5/c24-15-9-17(27-8-7-26-16(10-27)12-1-5-14(29)6-2-12)20(25)21-19(15)22(30)18(33-23(31)32)11-28(21)13-3-4-13/h1-2,5-6,9,11,13,16,26,29H,3-4,7-8,10H2,(H,31,32). The first-order valence-corrected chi connectivity index (χ1v) is 11.0. The molecular weight excluding hydrogens is 453 g/mol. The Morgan fingerprint density at radius 2 is 1.97 bits per heavy atom. The van der Waals surface area contributed by atoms with Crippen molar-refractivity contribution in [2.24, 2.45) is 0 Å². The fourth-order valence-electron chi connectivity index (χ4n) is 4.37. The number of phenolic OH excluding ortho intramolecular Hbond substituents is 1. The summed E-state index contributed by atoms with van der Waals surface area (Å²) in [5, 5.41) is 21.9. The molecule has 1 saturated carbocycles. The number of halogens is 2. The lowest BCUT2D eigenvalue weighted by Crippen LogP contribution is -2.46. The van der Waals surface area contributed by atoms with Gasteiger partial charge in [0.25, 0.3) is 0 Å². The molecule has 0 bridgehead atoms. The van der Waals surface area contributed by atoms with Crippen LogP contribution in [0.3, 0.4) is 0 Å². The lowest BCUT2D eigenvalue weighted by molar-refractivity contribution is 0.143. The Morgan fingerprint density at radius 3 is 2.64 bits per heavy atom. The third-order valence-corrected chi connectivity index (χ3v) is 6.38. The summed E-state index contributed by atoms with van der Waals surface area (Å²) >= 11 is 6.48. The molecule has 1 unspecified atom stereocenters.